The van der Waals surface area contributed by atoms with Crippen LogP contribution in [0.25, 0.3) is 11.2 Å². The first-order valence-corrected chi connectivity index (χ1v) is 8.98. The van der Waals surface area contributed by atoms with Crippen LogP contribution in [0, 0.1) is 0 Å². The minimum absolute atomic E-state index is 0.138. The Morgan fingerprint density at radius 3 is 3.00 bits per heavy atom. The van der Waals surface area contributed by atoms with Gasteiger partial charge in [-0.25, -0.2) is 9.97 Å². The number of halogens is 1. The molecule has 0 fully saturated rings. The molecule has 2 aromatic heterocycles. The van der Waals surface area contributed by atoms with E-state index >= 15 is 0 Å². The molecule has 0 bridgehead atoms. The van der Waals surface area contributed by atoms with Crippen LogP contribution in [-0.4, -0.2) is 33.2 Å². The maximum atomic E-state index is 12.7. The van der Waals surface area contributed by atoms with Gasteiger partial charge in [-0.1, -0.05) is 30.3 Å². The molecule has 3 rings (SSSR count). The van der Waals surface area contributed by atoms with Gasteiger partial charge in [-0.15, -0.1) is 0 Å². The second kappa shape index (κ2) is 7.76. The average Bonchev–Trinajstić information content (AvgIpc) is 3.02. The Morgan fingerprint density at radius 2 is 2.28 bits per heavy atom. The van der Waals surface area contributed by atoms with E-state index in [9.17, 15) is 4.79 Å². The summed E-state index contributed by atoms with van der Waals surface area (Å²) in [7, 11) is 1.55. The largest absolute Gasteiger partial charge is 0.495 e. The van der Waals surface area contributed by atoms with Crippen LogP contribution in [0.2, 0.25) is 5.02 Å². The summed E-state index contributed by atoms with van der Waals surface area (Å²) in [5.74, 6) is 0.423. The first-order valence-electron chi connectivity index (χ1n) is 7.72. The van der Waals surface area contributed by atoms with Gasteiger partial charge >= 0.3 is 0 Å². The Bertz CT molecular complexity index is 866. The van der Waals surface area contributed by atoms with Crippen molar-refractivity contribution in [1.29, 1.82) is 0 Å². The van der Waals surface area contributed by atoms with Crippen LogP contribution in [0.3, 0.4) is 0 Å². The van der Waals surface area contributed by atoms with Gasteiger partial charge in [0.15, 0.2) is 10.8 Å². The number of benzene rings is 1. The summed E-state index contributed by atoms with van der Waals surface area (Å²) >= 11 is 7.38. The summed E-state index contributed by atoms with van der Waals surface area (Å²) < 4.78 is 5.27. The smallest absolute Gasteiger partial charge is 0.238 e. The van der Waals surface area contributed by atoms with E-state index in [1.54, 1.807) is 31.5 Å². The number of rotatable bonds is 6. The number of aromatic nitrogens is 3. The number of fused-ring (bicyclic) bond motifs is 1. The van der Waals surface area contributed by atoms with Gasteiger partial charge < -0.3 is 15.0 Å². The van der Waals surface area contributed by atoms with Gasteiger partial charge in [0.25, 0.3) is 0 Å². The van der Waals surface area contributed by atoms with Gasteiger partial charge in [-0.2, -0.15) is 0 Å². The number of hydrogen-bond donors (Lipinski definition) is 2. The number of aromatic amines is 1. The molecule has 25 heavy (non-hydrogen) atoms. The Morgan fingerprint density at radius 1 is 1.44 bits per heavy atom. The van der Waals surface area contributed by atoms with E-state index in [4.69, 9.17) is 16.3 Å². The summed E-state index contributed by atoms with van der Waals surface area (Å²) in [4.78, 5) is 24.4. The first kappa shape index (κ1) is 17.6. The number of ether oxygens (including phenoxy) is 1. The third-order valence-corrected chi connectivity index (χ3v) is 5.06. The number of imidazole rings is 1. The third-order valence-electron chi connectivity index (χ3n) is 3.57. The number of methoxy groups -OCH3 is 1. The van der Waals surface area contributed by atoms with Gasteiger partial charge in [-0.05, 0) is 36.8 Å². The van der Waals surface area contributed by atoms with Crippen LogP contribution in [0.5, 0.6) is 5.75 Å². The van der Waals surface area contributed by atoms with Crippen molar-refractivity contribution in [1.82, 2.24) is 15.0 Å². The fourth-order valence-electron chi connectivity index (χ4n) is 2.33. The van der Waals surface area contributed by atoms with Crippen molar-refractivity contribution in [2.45, 2.75) is 23.8 Å². The predicted molar refractivity (Wildman–Crippen MR) is 100 cm³/mol. The molecule has 2 N–H and O–H groups in total. The molecule has 0 spiro atoms. The van der Waals surface area contributed by atoms with E-state index in [1.165, 1.54) is 11.8 Å². The molecule has 0 radical (unpaired) electrons. The normalized spacial score (nSPS) is 12.1. The Hall–Kier alpha value is -2.25. The Labute approximate surface area is 154 Å². The number of pyridine rings is 1. The zero-order valence-electron chi connectivity index (χ0n) is 13.7. The molecule has 3 aromatic rings. The zero-order chi connectivity index (χ0) is 17.8. The maximum absolute atomic E-state index is 12.7. The Kier molecular flexibility index (Phi) is 5.45. The van der Waals surface area contributed by atoms with Gasteiger partial charge in [0.2, 0.25) is 5.91 Å². The van der Waals surface area contributed by atoms with E-state index in [0.29, 0.717) is 33.7 Å². The highest BCUT2D eigenvalue weighted by molar-refractivity contribution is 8.00. The van der Waals surface area contributed by atoms with Gasteiger partial charge in [0, 0.05) is 11.2 Å². The summed E-state index contributed by atoms with van der Waals surface area (Å²) in [6, 6.07) is 8.84. The molecule has 2 heterocycles. The van der Waals surface area contributed by atoms with Gasteiger partial charge in [0.1, 0.15) is 5.75 Å². The summed E-state index contributed by atoms with van der Waals surface area (Å²) in [6.45, 7) is 1.95. The third kappa shape index (κ3) is 4.05. The Balaban J connectivity index is 1.76. The lowest BCUT2D eigenvalue weighted by molar-refractivity contribution is -0.115. The topological polar surface area (TPSA) is 79.9 Å². The summed E-state index contributed by atoms with van der Waals surface area (Å²) in [5, 5.41) is 3.75. The standard InChI is InChI=1S/C17H17ClN4O2S/c1-3-14(25-17-21-11-5-4-8-19-15(11)22-17)16(23)20-12-9-10(18)6-7-13(12)24-2/h4-9,14H,3H2,1-2H3,(H,20,23)(H,19,21,22)/t14-/m0/s1. The van der Waals surface area contributed by atoms with E-state index in [2.05, 4.69) is 20.3 Å². The molecule has 1 aromatic carbocycles. The molecule has 8 heteroatoms. The average molecular weight is 377 g/mol. The number of nitrogens with one attached hydrogen (secondary N) is 2. The second-order valence-corrected chi connectivity index (χ2v) is 6.89. The number of H-pyrrole nitrogens is 1. The fraction of sp³-hybridized carbons (Fsp3) is 0.235. The number of anilines is 1. The molecular weight excluding hydrogens is 360 g/mol. The van der Waals surface area contributed by atoms with Crippen LogP contribution in [0.4, 0.5) is 5.69 Å². The van der Waals surface area contributed by atoms with Crippen molar-refractivity contribution in [2.24, 2.45) is 0 Å². The summed E-state index contributed by atoms with van der Waals surface area (Å²) in [6.07, 6.45) is 2.33. The number of carbonyl (C=O) groups excluding carboxylic acids is 1. The monoisotopic (exact) mass is 376 g/mol. The molecule has 0 aliphatic carbocycles. The molecular formula is C17H17ClN4O2S. The van der Waals surface area contributed by atoms with E-state index in [1.807, 2.05) is 19.1 Å². The van der Waals surface area contributed by atoms with Crippen LogP contribution in [0.1, 0.15) is 13.3 Å². The minimum atomic E-state index is -0.316. The highest BCUT2D eigenvalue weighted by Crippen LogP contribution is 2.30. The van der Waals surface area contributed by atoms with E-state index < -0.39 is 0 Å². The molecule has 0 aliphatic rings. The SMILES string of the molecule is CC[C@H](Sc1nc2ncccc2[nH]1)C(=O)Nc1cc(Cl)ccc1OC. The minimum Gasteiger partial charge on any atom is -0.495 e. The van der Waals surface area contributed by atoms with Crippen molar-refractivity contribution in [3.8, 4) is 5.75 Å². The van der Waals surface area contributed by atoms with Gasteiger partial charge in [-0.3, -0.25) is 4.79 Å². The molecule has 6 nitrogen and oxygen atoms in total. The highest BCUT2D eigenvalue weighted by atomic mass is 35.5. The van der Waals surface area contributed by atoms with Crippen molar-refractivity contribution in [3.05, 3.63) is 41.6 Å². The molecule has 0 saturated heterocycles. The van der Waals surface area contributed by atoms with Crippen LogP contribution >= 0.6 is 23.4 Å². The van der Waals surface area contributed by atoms with Crippen molar-refractivity contribution < 1.29 is 9.53 Å². The quantitative estimate of drug-likeness (QED) is 0.632. The molecule has 130 valence electrons. The lowest BCUT2D eigenvalue weighted by atomic mass is 10.2. The molecule has 1 atom stereocenters. The van der Waals surface area contributed by atoms with Crippen molar-refractivity contribution >= 4 is 46.1 Å². The van der Waals surface area contributed by atoms with E-state index in [0.717, 1.165) is 5.52 Å². The molecule has 1 amide bonds. The van der Waals surface area contributed by atoms with Crippen molar-refractivity contribution in [2.75, 3.05) is 12.4 Å². The van der Waals surface area contributed by atoms with Crippen molar-refractivity contribution in [3.63, 3.8) is 0 Å². The molecule has 0 aliphatic heterocycles. The molecule has 0 unspecified atom stereocenters. The van der Waals surface area contributed by atoms with Crippen LogP contribution < -0.4 is 10.1 Å². The summed E-state index contributed by atoms with van der Waals surface area (Å²) in [5.41, 5.74) is 2.03. The maximum Gasteiger partial charge on any atom is 0.238 e. The lowest BCUT2D eigenvalue weighted by Gasteiger charge is -2.15. The number of nitrogens with zero attached hydrogens (tertiary/aromatic N) is 2. The number of carbonyl (C=O) groups is 1. The number of hydrogen-bond acceptors (Lipinski definition) is 5. The molecule has 0 saturated carbocycles. The fourth-order valence-corrected chi connectivity index (χ4v) is 3.41. The van der Waals surface area contributed by atoms with Crippen LogP contribution in [0.15, 0.2) is 41.7 Å². The zero-order valence-corrected chi connectivity index (χ0v) is 15.3. The lowest BCUT2D eigenvalue weighted by Crippen LogP contribution is -2.25. The van der Waals surface area contributed by atoms with Crippen LogP contribution in [-0.2, 0) is 4.79 Å². The number of thioether (sulfide) groups is 1. The second-order valence-electron chi connectivity index (χ2n) is 5.27. The highest BCUT2D eigenvalue weighted by Gasteiger charge is 2.21. The first-order chi connectivity index (χ1) is 12.1. The predicted octanol–water partition coefficient (Wildman–Crippen LogP) is 4.13. The number of amides is 1. The van der Waals surface area contributed by atoms with E-state index in [-0.39, 0.29) is 11.2 Å². The van der Waals surface area contributed by atoms with Gasteiger partial charge in [0.05, 0.1) is 23.6 Å².